The van der Waals surface area contributed by atoms with Crippen molar-refractivity contribution in [1.82, 2.24) is 19.1 Å². The van der Waals surface area contributed by atoms with Gasteiger partial charge < -0.3 is 10.1 Å². The van der Waals surface area contributed by atoms with E-state index in [1.54, 1.807) is 13.2 Å². The number of methoxy groups -OCH3 is 1. The number of rotatable bonds is 8. The molecule has 0 atom stereocenters. The van der Waals surface area contributed by atoms with E-state index >= 15 is 0 Å². The van der Waals surface area contributed by atoms with Crippen LogP contribution in [0.25, 0.3) is 33.4 Å². The van der Waals surface area contributed by atoms with Crippen molar-refractivity contribution in [2.24, 2.45) is 0 Å². The number of thioether (sulfide) groups is 1. The number of amides is 1. The Morgan fingerprint density at radius 1 is 0.929 bits per heavy atom. The molecule has 0 aliphatic heterocycles. The molecule has 6 aromatic rings. The molecule has 2 aromatic heterocycles. The molecule has 0 saturated heterocycles. The van der Waals surface area contributed by atoms with Gasteiger partial charge in [-0.1, -0.05) is 78.5 Å². The summed E-state index contributed by atoms with van der Waals surface area (Å²) in [5, 5.41) is 5.09. The summed E-state index contributed by atoms with van der Waals surface area (Å²) in [6.07, 6.45) is 1.92. The molecule has 2 N–H and O–H groups in total. The number of carbonyl (C=O) groups excluding carboxylic acids is 1. The van der Waals surface area contributed by atoms with Crippen molar-refractivity contribution in [3.05, 3.63) is 130 Å². The minimum atomic E-state index is -0.649. The first-order valence-corrected chi connectivity index (χ1v) is 14.0. The van der Waals surface area contributed by atoms with E-state index < -0.39 is 17.2 Å². The van der Waals surface area contributed by atoms with E-state index in [4.69, 9.17) is 9.72 Å². The lowest BCUT2D eigenvalue weighted by Crippen LogP contribution is -2.32. The van der Waals surface area contributed by atoms with Crippen molar-refractivity contribution >= 4 is 34.3 Å². The van der Waals surface area contributed by atoms with E-state index in [-0.39, 0.29) is 11.6 Å². The fourth-order valence-corrected chi connectivity index (χ4v) is 5.47. The van der Waals surface area contributed by atoms with Crippen LogP contribution in [0.1, 0.15) is 0 Å². The standard InChI is InChI=1S/C32H25N5O4S/c1-41-24-16-14-23(15-17-24)36-19-26(22-9-3-2-4-10-22)33-32(36)42-20-30(39)34-28-18-29(38)35-31(40)37(28)27-13-7-11-21-8-5-6-12-25(21)27/h2-19H,20H2,1H3,(H,34,39)(H,35,38,40). The largest absolute Gasteiger partial charge is 0.497 e. The van der Waals surface area contributed by atoms with E-state index in [0.29, 0.717) is 10.8 Å². The van der Waals surface area contributed by atoms with Crippen molar-refractivity contribution < 1.29 is 9.53 Å². The van der Waals surface area contributed by atoms with Crippen LogP contribution in [0, 0.1) is 0 Å². The second-order valence-corrected chi connectivity index (χ2v) is 10.3. The average molecular weight is 576 g/mol. The van der Waals surface area contributed by atoms with Crippen molar-refractivity contribution in [2.45, 2.75) is 5.16 Å². The molecular formula is C32H25N5O4S. The third-order valence-corrected chi connectivity index (χ3v) is 7.60. The molecule has 0 aliphatic rings. The predicted molar refractivity (Wildman–Crippen MR) is 165 cm³/mol. The van der Waals surface area contributed by atoms with Gasteiger partial charge >= 0.3 is 5.69 Å². The molecule has 208 valence electrons. The Balaban J connectivity index is 1.30. The number of hydrogen-bond acceptors (Lipinski definition) is 6. The van der Waals surface area contributed by atoms with Crippen LogP contribution in [-0.2, 0) is 4.79 Å². The van der Waals surface area contributed by atoms with Crippen LogP contribution in [0.15, 0.2) is 124 Å². The van der Waals surface area contributed by atoms with Gasteiger partial charge in [-0.05, 0) is 35.7 Å². The minimum absolute atomic E-state index is 0.0159. The third kappa shape index (κ3) is 5.48. The zero-order valence-electron chi connectivity index (χ0n) is 22.5. The lowest BCUT2D eigenvalue weighted by atomic mass is 10.1. The molecule has 2 heterocycles. The number of carbonyl (C=O) groups is 1. The molecule has 0 aliphatic carbocycles. The second kappa shape index (κ2) is 11.6. The smallest absolute Gasteiger partial charge is 0.334 e. The first-order valence-electron chi connectivity index (χ1n) is 13.1. The number of nitrogens with zero attached hydrogens (tertiary/aromatic N) is 3. The highest BCUT2D eigenvalue weighted by Crippen LogP contribution is 2.29. The Labute approximate surface area is 244 Å². The number of hydrogen-bond donors (Lipinski definition) is 2. The van der Waals surface area contributed by atoms with Gasteiger partial charge in [-0.3, -0.25) is 19.1 Å². The zero-order chi connectivity index (χ0) is 29.1. The van der Waals surface area contributed by atoms with Gasteiger partial charge in [-0.25, -0.2) is 14.3 Å². The van der Waals surface area contributed by atoms with Crippen LogP contribution in [0.3, 0.4) is 0 Å². The predicted octanol–water partition coefficient (Wildman–Crippen LogP) is 5.27. The van der Waals surface area contributed by atoms with Crippen LogP contribution in [0.5, 0.6) is 5.75 Å². The van der Waals surface area contributed by atoms with Crippen LogP contribution in [0.4, 0.5) is 5.82 Å². The Morgan fingerprint density at radius 2 is 1.67 bits per heavy atom. The average Bonchev–Trinajstić information content (AvgIpc) is 3.45. The van der Waals surface area contributed by atoms with Gasteiger partial charge in [-0.15, -0.1) is 0 Å². The first kappa shape index (κ1) is 26.9. The summed E-state index contributed by atoms with van der Waals surface area (Å²) in [7, 11) is 1.61. The number of aromatic amines is 1. The van der Waals surface area contributed by atoms with Gasteiger partial charge in [0.1, 0.15) is 11.6 Å². The molecule has 0 spiro atoms. The molecular weight excluding hydrogens is 550 g/mol. The topological polar surface area (TPSA) is 111 Å². The number of imidazole rings is 1. The Hall–Kier alpha value is -5.35. The van der Waals surface area contributed by atoms with Crippen molar-refractivity contribution in [2.75, 3.05) is 18.2 Å². The highest BCUT2D eigenvalue weighted by Gasteiger charge is 2.17. The van der Waals surface area contributed by atoms with E-state index in [9.17, 15) is 14.4 Å². The Kier molecular flexibility index (Phi) is 7.44. The highest BCUT2D eigenvalue weighted by molar-refractivity contribution is 7.99. The molecule has 10 heteroatoms. The lowest BCUT2D eigenvalue weighted by Gasteiger charge is -2.15. The molecule has 0 radical (unpaired) electrons. The molecule has 4 aromatic carbocycles. The van der Waals surface area contributed by atoms with Crippen molar-refractivity contribution in [3.63, 3.8) is 0 Å². The number of nitrogens with one attached hydrogen (secondary N) is 2. The molecule has 0 saturated carbocycles. The second-order valence-electron chi connectivity index (χ2n) is 9.34. The molecule has 0 unspecified atom stereocenters. The van der Waals surface area contributed by atoms with Gasteiger partial charge in [-0.2, -0.15) is 0 Å². The SMILES string of the molecule is COc1ccc(-n2cc(-c3ccccc3)nc2SCC(=O)Nc2cc(=O)[nH]c(=O)n2-c2cccc3ccccc23)cc1. The number of anilines is 1. The summed E-state index contributed by atoms with van der Waals surface area (Å²) < 4.78 is 8.52. The molecule has 42 heavy (non-hydrogen) atoms. The molecule has 0 bridgehead atoms. The van der Waals surface area contributed by atoms with Crippen LogP contribution in [-0.4, -0.2) is 37.9 Å². The first-order chi connectivity index (χ1) is 20.5. The van der Waals surface area contributed by atoms with Gasteiger partial charge in [0, 0.05) is 28.9 Å². The van der Waals surface area contributed by atoms with E-state index in [1.165, 1.54) is 22.4 Å². The quantitative estimate of drug-likeness (QED) is 0.239. The number of benzene rings is 4. The van der Waals surface area contributed by atoms with Gasteiger partial charge in [0.05, 0.1) is 24.2 Å². The number of aromatic nitrogens is 4. The van der Waals surface area contributed by atoms with Gasteiger partial charge in [0.15, 0.2) is 5.16 Å². The summed E-state index contributed by atoms with van der Waals surface area (Å²) in [5.41, 5.74) is 1.84. The molecule has 6 rings (SSSR count). The van der Waals surface area contributed by atoms with Crippen molar-refractivity contribution in [1.29, 1.82) is 0 Å². The number of H-pyrrole nitrogens is 1. The molecule has 9 nitrogen and oxygen atoms in total. The monoisotopic (exact) mass is 575 g/mol. The summed E-state index contributed by atoms with van der Waals surface area (Å²) in [6.45, 7) is 0. The summed E-state index contributed by atoms with van der Waals surface area (Å²) >= 11 is 1.24. The van der Waals surface area contributed by atoms with Gasteiger partial charge in [0.25, 0.3) is 5.56 Å². The minimum Gasteiger partial charge on any atom is -0.497 e. The maximum Gasteiger partial charge on any atom is 0.334 e. The summed E-state index contributed by atoms with van der Waals surface area (Å²) in [5.74, 6) is 0.391. The maximum absolute atomic E-state index is 13.3. The van der Waals surface area contributed by atoms with E-state index in [1.807, 2.05) is 102 Å². The summed E-state index contributed by atoms with van der Waals surface area (Å²) in [4.78, 5) is 45.6. The fraction of sp³-hybridized carbons (Fsp3) is 0.0625. The number of fused-ring (bicyclic) bond motifs is 1. The normalized spacial score (nSPS) is 11.0. The summed E-state index contributed by atoms with van der Waals surface area (Å²) in [6, 6.07) is 31.6. The fourth-order valence-electron chi connectivity index (χ4n) is 4.68. The van der Waals surface area contributed by atoms with Crippen LogP contribution < -0.4 is 21.3 Å². The highest BCUT2D eigenvalue weighted by atomic mass is 32.2. The Morgan fingerprint density at radius 3 is 2.45 bits per heavy atom. The van der Waals surface area contributed by atoms with E-state index in [0.717, 1.165) is 33.5 Å². The molecule has 1 amide bonds. The maximum atomic E-state index is 13.3. The molecule has 0 fully saturated rings. The Bertz CT molecular complexity index is 2010. The van der Waals surface area contributed by atoms with E-state index in [2.05, 4.69) is 10.3 Å². The number of ether oxygens (including phenoxy) is 1. The van der Waals surface area contributed by atoms with Crippen molar-refractivity contribution in [3.8, 4) is 28.4 Å². The zero-order valence-corrected chi connectivity index (χ0v) is 23.3. The van der Waals surface area contributed by atoms with Crippen LogP contribution >= 0.6 is 11.8 Å². The lowest BCUT2D eigenvalue weighted by molar-refractivity contribution is -0.113. The third-order valence-electron chi connectivity index (χ3n) is 6.64. The van der Waals surface area contributed by atoms with Gasteiger partial charge in [0.2, 0.25) is 5.91 Å². The van der Waals surface area contributed by atoms with Crippen LogP contribution in [0.2, 0.25) is 0 Å².